The Hall–Kier alpha value is -1.24. The Bertz CT molecular complexity index is 405. The van der Waals surface area contributed by atoms with Crippen molar-refractivity contribution in [2.45, 2.75) is 0 Å². The van der Waals surface area contributed by atoms with Gasteiger partial charge in [-0.2, -0.15) is 0 Å². The highest BCUT2D eigenvalue weighted by Gasteiger charge is 2.13. The molecule has 7 heteroatoms. The van der Waals surface area contributed by atoms with Gasteiger partial charge in [-0.1, -0.05) is 6.07 Å². The van der Waals surface area contributed by atoms with E-state index in [0.717, 1.165) is 6.07 Å². The predicted molar refractivity (Wildman–Crippen MR) is 70.7 cm³/mol. The van der Waals surface area contributed by atoms with E-state index in [0.29, 0.717) is 26.2 Å². The fourth-order valence-corrected chi connectivity index (χ4v) is 1.34. The minimum absolute atomic E-state index is 0. The third kappa shape index (κ3) is 5.96. The Balaban J connectivity index is 0.00000324. The number of hydrogen-bond acceptors (Lipinski definition) is 3. The number of rotatable bonds is 7. The van der Waals surface area contributed by atoms with Crippen LogP contribution in [-0.2, 0) is 4.74 Å². The summed E-state index contributed by atoms with van der Waals surface area (Å²) in [7, 11) is 1.59. The molecule has 0 heterocycles. The molecule has 0 unspecified atom stereocenters. The van der Waals surface area contributed by atoms with Crippen LogP contribution in [0.5, 0.6) is 0 Å². The van der Waals surface area contributed by atoms with Gasteiger partial charge in [0, 0.05) is 26.7 Å². The van der Waals surface area contributed by atoms with Crippen LogP contribution in [0.25, 0.3) is 0 Å². The van der Waals surface area contributed by atoms with Gasteiger partial charge in [0.1, 0.15) is 0 Å². The number of amides is 1. The van der Waals surface area contributed by atoms with Gasteiger partial charge >= 0.3 is 0 Å². The molecule has 0 spiro atoms. The third-order valence-corrected chi connectivity index (χ3v) is 2.27. The molecular formula is C12H17ClF2N2O2. The first-order valence-electron chi connectivity index (χ1n) is 5.58. The molecule has 0 fully saturated rings. The van der Waals surface area contributed by atoms with E-state index in [1.54, 1.807) is 7.11 Å². The van der Waals surface area contributed by atoms with Crippen LogP contribution < -0.4 is 10.6 Å². The summed E-state index contributed by atoms with van der Waals surface area (Å²) in [6.45, 7) is 2.11. The lowest BCUT2D eigenvalue weighted by Gasteiger charge is -2.07. The maximum absolute atomic E-state index is 13.3. The molecule has 1 amide bonds. The molecule has 0 saturated heterocycles. The van der Waals surface area contributed by atoms with E-state index < -0.39 is 17.5 Å². The molecule has 0 bridgehead atoms. The lowest BCUT2D eigenvalue weighted by atomic mass is 10.2. The number of hydrogen-bond donors (Lipinski definition) is 2. The molecule has 108 valence electrons. The van der Waals surface area contributed by atoms with Crippen LogP contribution in [0.1, 0.15) is 10.4 Å². The Morgan fingerprint density at radius 2 is 2.00 bits per heavy atom. The van der Waals surface area contributed by atoms with E-state index in [9.17, 15) is 13.6 Å². The van der Waals surface area contributed by atoms with Gasteiger partial charge in [-0.3, -0.25) is 4.79 Å². The average molecular weight is 295 g/mol. The lowest BCUT2D eigenvalue weighted by molar-refractivity contribution is 0.0948. The number of halogens is 3. The van der Waals surface area contributed by atoms with E-state index >= 15 is 0 Å². The molecule has 1 aromatic rings. The third-order valence-electron chi connectivity index (χ3n) is 2.27. The van der Waals surface area contributed by atoms with Gasteiger partial charge < -0.3 is 15.4 Å². The summed E-state index contributed by atoms with van der Waals surface area (Å²) in [6, 6.07) is 3.51. The Morgan fingerprint density at radius 3 is 2.68 bits per heavy atom. The summed E-state index contributed by atoms with van der Waals surface area (Å²) in [6.07, 6.45) is 0. The SMILES string of the molecule is COCCNCCNC(=O)c1cccc(F)c1F.Cl. The van der Waals surface area contributed by atoms with Crippen LogP contribution >= 0.6 is 12.4 Å². The smallest absolute Gasteiger partial charge is 0.254 e. The molecule has 0 aliphatic carbocycles. The fourth-order valence-electron chi connectivity index (χ4n) is 1.34. The molecule has 0 radical (unpaired) electrons. The van der Waals surface area contributed by atoms with Crippen LogP contribution in [0, 0.1) is 11.6 Å². The quantitative estimate of drug-likeness (QED) is 0.747. The number of ether oxygens (including phenoxy) is 1. The lowest BCUT2D eigenvalue weighted by Crippen LogP contribution is -2.33. The van der Waals surface area contributed by atoms with Gasteiger partial charge in [0.05, 0.1) is 12.2 Å². The Kier molecular flexibility index (Phi) is 9.03. The van der Waals surface area contributed by atoms with Gasteiger partial charge in [0.25, 0.3) is 5.91 Å². The van der Waals surface area contributed by atoms with Crippen molar-refractivity contribution in [3.8, 4) is 0 Å². The highest BCUT2D eigenvalue weighted by Crippen LogP contribution is 2.10. The summed E-state index contributed by atoms with van der Waals surface area (Å²) in [5, 5.41) is 5.51. The highest BCUT2D eigenvalue weighted by molar-refractivity contribution is 5.94. The second-order valence-corrected chi connectivity index (χ2v) is 3.60. The zero-order valence-corrected chi connectivity index (χ0v) is 11.4. The van der Waals surface area contributed by atoms with Crippen LogP contribution in [0.3, 0.4) is 0 Å². The van der Waals surface area contributed by atoms with Crippen molar-refractivity contribution in [2.24, 2.45) is 0 Å². The molecule has 0 aliphatic heterocycles. The van der Waals surface area contributed by atoms with Crippen LogP contribution in [0.2, 0.25) is 0 Å². The minimum atomic E-state index is -1.12. The van der Waals surface area contributed by atoms with Crippen LogP contribution in [-0.4, -0.2) is 39.3 Å². The molecule has 0 atom stereocenters. The molecule has 0 aromatic heterocycles. The summed E-state index contributed by atoms with van der Waals surface area (Å²) in [5.74, 6) is -2.77. The van der Waals surface area contributed by atoms with Gasteiger partial charge in [-0.25, -0.2) is 8.78 Å². The highest BCUT2D eigenvalue weighted by atomic mass is 35.5. The van der Waals surface area contributed by atoms with E-state index in [-0.39, 0.29) is 18.0 Å². The van der Waals surface area contributed by atoms with Gasteiger partial charge in [0.15, 0.2) is 11.6 Å². The fraction of sp³-hybridized carbons (Fsp3) is 0.417. The summed E-state index contributed by atoms with van der Waals surface area (Å²) >= 11 is 0. The molecule has 1 aromatic carbocycles. The second-order valence-electron chi connectivity index (χ2n) is 3.60. The van der Waals surface area contributed by atoms with E-state index in [1.807, 2.05) is 0 Å². The summed E-state index contributed by atoms with van der Waals surface area (Å²) < 4.78 is 31.0. The first-order chi connectivity index (χ1) is 8.66. The van der Waals surface area contributed by atoms with Gasteiger partial charge in [0.2, 0.25) is 0 Å². The minimum Gasteiger partial charge on any atom is -0.383 e. The van der Waals surface area contributed by atoms with Crippen molar-refractivity contribution in [1.29, 1.82) is 0 Å². The van der Waals surface area contributed by atoms with Crippen molar-refractivity contribution >= 4 is 18.3 Å². The Labute approximate surface area is 116 Å². The van der Waals surface area contributed by atoms with E-state index in [2.05, 4.69) is 10.6 Å². The number of carbonyl (C=O) groups excluding carboxylic acids is 1. The average Bonchev–Trinajstić information content (AvgIpc) is 2.36. The van der Waals surface area contributed by atoms with E-state index in [4.69, 9.17) is 4.74 Å². The molecular weight excluding hydrogens is 278 g/mol. The normalized spacial score (nSPS) is 9.84. The number of benzene rings is 1. The molecule has 4 nitrogen and oxygen atoms in total. The summed E-state index contributed by atoms with van der Waals surface area (Å²) in [4.78, 5) is 11.5. The maximum atomic E-state index is 13.3. The van der Waals surface area contributed by atoms with Crippen molar-refractivity contribution in [3.05, 3.63) is 35.4 Å². The molecule has 0 aliphatic rings. The van der Waals surface area contributed by atoms with Crippen molar-refractivity contribution in [2.75, 3.05) is 33.4 Å². The largest absolute Gasteiger partial charge is 0.383 e. The first-order valence-corrected chi connectivity index (χ1v) is 5.58. The van der Waals surface area contributed by atoms with Crippen LogP contribution in [0.15, 0.2) is 18.2 Å². The molecule has 1 rings (SSSR count). The Morgan fingerprint density at radius 1 is 1.26 bits per heavy atom. The predicted octanol–water partition coefficient (Wildman–Crippen LogP) is 1.35. The van der Waals surface area contributed by atoms with Gasteiger partial charge in [-0.05, 0) is 12.1 Å². The zero-order chi connectivity index (χ0) is 13.4. The molecule has 19 heavy (non-hydrogen) atoms. The number of nitrogens with one attached hydrogen (secondary N) is 2. The summed E-state index contributed by atoms with van der Waals surface area (Å²) in [5.41, 5.74) is -0.285. The maximum Gasteiger partial charge on any atom is 0.254 e. The monoisotopic (exact) mass is 294 g/mol. The topological polar surface area (TPSA) is 50.4 Å². The van der Waals surface area contributed by atoms with Crippen molar-refractivity contribution in [3.63, 3.8) is 0 Å². The van der Waals surface area contributed by atoms with Crippen molar-refractivity contribution < 1.29 is 18.3 Å². The molecule has 2 N–H and O–H groups in total. The number of carbonyl (C=O) groups is 1. The second kappa shape index (κ2) is 9.66. The van der Waals surface area contributed by atoms with Crippen LogP contribution in [0.4, 0.5) is 8.78 Å². The zero-order valence-electron chi connectivity index (χ0n) is 10.5. The standard InChI is InChI=1S/C12H16F2N2O2.ClH/c1-18-8-7-15-5-6-16-12(17)9-3-2-4-10(13)11(9)14;/h2-4,15H,5-8H2,1H3,(H,16,17);1H. The van der Waals surface area contributed by atoms with Gasteiger partial charge in [-0.15, -0.1) is 12.4 Å². The van der Waals surface area contributed by atoms with Crippen molar-refractivity contribution in [1.82, 2.24) is 10.6 Å². The first kappa shape index (κ1) is 17.8. The van der Waals surface area contributed by atoms with E-state index in [1.165, 1.54) is 12.1 Å². The molecule has 0 saturated carbocycles. The number of methoxy groups -OCH3 is 1.